The number of nitrogen functional groups attached to an aromatic ring is 1. The van der Waals surface area contributed by atoms with Gasteiger partial charge in [0.05, 0.1) is 4.90 Å². The van der Waals surface area contributed by atoms with Crippen LogP contribution in [-0.2, 0) is 16.6 Å². The second-order valence-electron chi connectivity index (χ2n) is 7.06. The molecule has 0 aliphatic heterocycles. The maximum absolute atomic E-state index is 12.6. The highest BCUT2D eigenvalue weighted by molar-refractivity contribution is 7.89. The standard InChI is InChI=1S/C22H28N6O2S/c1-4-28(5-2)31(29,30)19-12-10-18(11-13-19)27-22-20(23)21(25-15-26-22)24-14-17-8-6-16(3)7-9-17/h6-13,15H,4-5,14,23H2,1-3H3,(H2,24,25,26,27). The number of nitrogens with zero attached hydrogens (tertiary/aromatic N) is 3. The molecule has 3 aromatic rings. The zero-order chi connectivity index (χ0) is 22.4. The van der Waals surface area contributed by atoms with Gasteiger partial charge >= 0.3 is 0 Å². The summed E-state index contributed by atoms with van der Waals surface area (Å²) in [5.41, 5.74) is 9.62. The van der Waals surface area contributed by atoms with Crippen LogP contribution in [-0.4, -0.2) is 35.8 Å². The second-order valence-corrected chi connectivity index (χ2v) is 9.00. The number of hydrogen-bond acceptors (Lipinski definition) is 7. The van der Waals surface area contributed by atoms with Crippen LogP contribution < -0.4 is 16.4 Å². The minimum Gasteiger partial charge on any atom is -0.393 e. The first kappa shape index (κ1) is 22.5. The molecule has 0 atom stereocenters. The van der Waals surface area contributed by atoms with Crippen molar-refractivity contribution in [2.75, 3.05) is 29.5 Å². The molecule has 0 bridgehead atoms. The van der Waals surface area contributed by atoms with Crippen molar-refractivity contribution in [2.45, 2.75) is 32.2 Å². The molecule has 0 saturated carbocycles. The lowest BCUT2D eigenvalue weighted by molar-refractivity contribution is 0.445. The first-order valence-electron chi connectivity index (χ1n) is 10.1. The molecule has 0 aliphatic rings. The van der Waals surface area contributed by atoms with Gasteiger partial charge in [-0.15, -0.1) is 0 Å². The highest BCUT2D eigenvalue weighted by Gasteiger charge is 2.21. The third kappa shape index (κ3) is 5.31. The van der Waals surface area contributed by atoms with Gasteiger partial charge in [0.15, 0.2) is 11.6 Å². The second kappa shape index (κ2) is 9.76. The maximum Gasteiger partial charge on any atom is 0.243 e. The Kier molecular flexibility index (Phi) is 7.09. The van der Waals surface area contributed by atoms with Crippen LogP contribution in [0.4, 0.5) is 23.0 Å². The van der Waals surface area contributed by atoms with E-state index < -0.39 is 10.0 Å². The van der Waals surface area contributed by atoms with Crippen molar-refractivity contribution in [3.8, 4) is 0 Å². The van der Waals surface area contributed by atoms with E-state index in [9.17, 15) is 8.42 Å². The Morgan fingerprint density at radius 2 is 1.55 bits per heavy atom. The molecule has 0 fully saturated rings. The zero-order valence-electron chi connectivity index (χ0n) is 18.0. The van der Waals surface area contributed by atoms with E-state index in [1.54, 1.807) is 24.3 Å². The molecular weight excluding hydrogens is 412 g/mol. The minimum absolute atomic E-state index is 0.248. The number of nitrogens with two attached hydrogens (primary N) is 1. The highest BCUT2D eigenvalue weighted by atomic mass is 32.2. The van der Waals surface area contributed by atoms with E-state index in [1.807, 2.05) is 32.9 Å². The Bertz CT molecular complexity index is 1110. The van der Waals surface area contributed by atoms with E-state index in [0.29, 0.717) is 42.6 Å². The first-order chi connectivity index (χ1) is 14.8. The molecule has 1 aromatic heterocycles. The van der Waals surface area contributed by atoms with Crippen LogP contribution in [0.3, 0.4) is 0 Å². The Labute approximate surface area is 183 Å². The van der Waals surface area contributed by atoms with Gasteiger partial charge in [-0.3, -0.25) is 0 Å². The van der Waals surface area contributed by atoms with Crippen LogP contribution in [0.1, 0.15) is 25.0 Å². The van der Waals surface area contributed by atoms with E-state index in [0.717, 1.165) is 5.56 Å². The van der Waals surface area contributed by atoms with Crippen LogP contribution >= 0.6 is 0 Å². The Morgan fingerprint density at radius 3 is 2.16 bits per heavy atom. The number of anilines is 4. The van der Waals surface area contributed by atoms with Gasteiger partial charge in [0, 0.05) is 25.3 Å². The van der Waals surface area contributed by atoms with Gasteiger partial charge in [-0.25, -0.2) is 18.4 Å². The summed E-state index contributed by atoms with van der Waals surface area (Å²) in [6, 6.07) is 14.7. The monoisotopic (exact) mass is 440 g/mol. The van der Waals surface area contributed by atoms with Crippen molar-refractivity contribution in [1.29, 1.82) is 0 Å². The quantitative estimate of drug-likeness (QED) is 0.464. The summed E-state index contributed by atoms with van der Waals surface area (Å²) >= 11 is 0. The number of aromatic nitrogens is 2. The van der Waals surface area contributed by atoms with Crippen LogP contribution in [0.15, 0.2) is 59.8 Å². The van der Waals surface area contributed by atoms with E-state index >= 15 is 0 Å². The Balaban J connectivity index is 1.73. The molecule has 164 valence electrons. The molecule has 0 spiro atoms. The summed E-state index contributed by atoms with van der Waals surface area (Å²) in [6.45, 7) is 7.12. The molecule has 31 heavy (non-hydrogen) atoms. The fourth-order valence-corrected chi connectivity index (χ4v) is 4.55. The molecule has 0 unspecified atom stereocenters. The van der Waals surface area contributed by atoms with Crippen LogP contribution in [0.2, 0.25) is 0 Å². The summed E-state index contributed by atoms with van der Waals surface area (Å²) in [6.07, 6.45) is 1.43. The fraction of sp³-hybridized carbons (Fsp3) is 0.273. The minimum atomic E-state index is -3.50. The first-order valence-corrected chi connectivity index (χ1v) is 11.6. The van der Waals surface area contributed by atoms with Gasteiger partial charge in [-0.2, -0.15) is 4.31 Å². The predicted molar refractivity (Wildman–Crippen MR) is 125 cm³/mol. The van der Waals surface area contributed by atoms with Gasteiger partial charge in [-0.05, 0) is 36.8 Å². The van der Waals surface area contributed by atoms with Crippen LogP contribution in [0.5, 0.6) is 0 Å². The Hall–Kier alpha value is -3.17. The number of hydrogen-bond donors (Lipinski definition) is 3. The van der Waals surface area contributed by atoms with Crippen LogP contribution in [0.25, 0.3) is 0 Å². The number of benzene rings is 2. The number of nitrogens with one attached hydrogen (secondary N) is 2. The average Bonchev–Trinajstić information content (AvgIpc) is 2.76. The molecular formula is C22H28N6O2S. The molecule has 2 aromatic carbocycles. The maximum atomic E-state index is 12.6. The average molecular weight is 441 g/mol. The molecule has 3 rings (SSSR count). The third-order valence-corrected chi connectivity index (χ3v) is 6.99. The fourth-order valence-electron chi connectivity index (χ4n) is 3.09. The number of sulfonamides is 1. The molecule has 0 saturated heterocycles. The Morgan fingerprint density at radius 1 is 0.935 bits per heavy atom. The number of aryl methyl sites for hydroxylation is 1. The van der Waals surface area contributed by atoms with Gasteiger partial charge in [-0.1, -0.05) is 43.7 Å². The van der Waals surface area contributed by atoms with Crippen molar-refractivity contribution < 1.29 is 8.42 Å². The molecule has 0 aliphatic carbocycles. The molecule has 8 nitrogen and oxygen atoms in total. The SMILES string of the molecule is CCN(CC)S(=O)(=O)c1ccc(Nc2ncnc(NCc3ccc(C)cc3)c2N)cc1. The molecule has 0 amide bonds. The topological polar surface area (TPSA) is 113 Å². The van der Waals surface area contributed by atoms with E-state index in [-0.39, 0.29) is 4.90 Å². The van der Waals surface area contributed by atoms with Crippen LogP contribution in [0, 0.1) is 6.92 Å². The van der Waals surface area contributed by atoms with E-state index in [4.69, 9.17) is 5.73 Å². The lowest BCUT2D eigenvalue weighted by Crippen LogP contribution is -2.30. The van der Waals surface area contributed by atoms with Gasteiger partial charge in [0.2, 0.25) is 10.0 Å². The molecule has 0 radical (unpaired) electrons. The summed E-state index contributed by atoms with van der Waals surface area (Å²) in [4.78, 5) is 8.69. The third-order valence-electron chi connectivity index (χ3n) is 4.92. The van der Waals surface area contributed by atoms with Crippen molar-refractivity contribution in [3.05, 3.63) is 66.0 Å². The van der Waals surface area contributed by atoms with Crippen molar-refractivity contribution in [3.63, 3.8) is 0 Å². The lowest BCUT2D eigenvalue weighted by Gasteiger charge is -2.18. The van der Waals surface area contributed by atoms with Crippen molar-refractivity contribution in [2.24, 2.45) is 0 Å². The largest absolute Gasteiger partial charge is 0.393 e. The smallest absolute Gasteiger partial charge is 0.243 e. The summed E-state index contributed by atoms with van der Waals surface area (Å²) in [5.74, 6) is 0.972. The normalized spacial score (nSPS) is 11.5. The van der Waals surface area contributed by atoms with Gasteiger partial charge in [0.25, 0.3) is 0 Å². The van der Waals surface area contributed by atoms with Gasteiger partial charge < -0.3 is 16.4 Å². The zero-order valence-corrected chi connectivity index (χ0v) is 18.8. The van der Waals surface area contributed by atoms with E-state index in [1.165, 1.54) is 16.2 Å². The highest BCUT2D eigenvalue weighted by Crippen LogP contribution is 2.27. The predicted octanol–water partition coefficient (Wildman–Crippen LogP) is 3.75. The summed E-state index contributed by atoms with van der Waals surface area (Å²) in [7, 11) is -3.50. The van der Waals surface area contributed by atoms with Crippen molar-refractivity contribution >= 4 is 33.0 Å². The molecule has 9 heteroatoms. The van der Waals surface area contributed by atoms with E-state index in [2.05, 4.69) is 32.7 Å². The molecule has 1 heterocycles. The summed E-state index contributed by atoms with van der Waals surface area (Å²) < 4.78 is 26.7. The van der Waals surface area contributed by atoms with Gasteiger partial charge in [0.1, 0.15) is 12.0 Å². The lowest BCUT2D eigenvalue weighted by atomic mass is 10.1. The number of rotatable bonds is 9. The van der Waals surface area contributed by atoms with Crippen molar-refractivity contribution in [1.82, 2.24) is 14.3 Å². The molecule has 4 N–H and O–H groups in total. The summed E-state index contributed by atoms with van der Waals surface area (Å²) in [5, 5.41) is 6.36.